The van der Waals surface area contributed by atoms with Crippen LogP contribution in [-0.2, 0) is 6.42 Å². The summed E-state index contributed by atoms with van der Waals surface area (Å²) in [5, 5.41) is 0. The molecule has 0 bridgehead atoms. The van der Waals surface area contributed by atoms with Crippen molar-refractivity contribution >= 4 is 0 Å². The quantitative estimate of drug-likeness (QED) is 0.158. The van der Waals surface area contributed by atoms with Crippen LogP contribution >= 0.6 is 0 Å². The van der Waals surface area contributed by atoms with E-state index in [1.54, 1.807) is 0 Å². The summed E-state index contributed by atoms with van der Waals surface area (Å²) in [7, 11) is 0. The van der Waals surface area contributed by atoms with Crippen LogP contribution in [0.3, 0.4) is 0 Å². The van der Waals surface area contributed by atoms with Crippen molar-refractivity contribution in [2.24, 2.45) is 5.92 Å². The Hall–Kier alpha value is -1.57. The minimum atomic E-state index is 0.576. The third kappa shape index (κ3) is 12.8. The van der Waals surface area contributed by atoms with E-state index in [2.05, 4.69) is 66.3 Å². The molecule has 2 nitrogen and oxygen atoms in total. The molecule has 2 aromatic rings. The Morgan fingerprint density at radius 1 is 0.647 bits per heavy atom. The van der Waals surface area contributed by atoms with Crippen molar-refractivity contribution in [2.75, 3.05) is 0 Å². The molecule has 2 heteroatoms. The minimum absolute atomic E-state index is 0.576. The molecule has 0 aliphatic heterocycles. The lowest BCUT2D eigenvalue weighted by atomic mass is 9.84. The molecule has 0 saturated heterocycles. The molecule has 0 saturated carbocycles. The van der Waals surface area contributed by atoms with Crippen molar-refractivity contribution in [1.82, 2.24) is 9.55 Å². The first kappa shape index (κ1) is 28.7. The fourth-order valence-corrected chi connectivity index (χ4v) is 5.47. The predicted octanol–water partition coefficient (Wildman–Crippen LogP) is 10.3. The van der Waals surface area contributed by atoms with Crippen LogP contribution in [0, 0.1) is 5.92 Å². The lowest BCUT2D eigenvalue weighted by Gasteiger charge is -2.29. The van der Waals surface area contributed by atoms with Gasteiger partial charge >= 0.3 is 0 Å². The van der Waals surface area contributed by atoms with Crippen LogP contribution in [0.25, 0.3) is 0 Å². The summed E-state index contributed by atoms with van der Waals surface area (Å²) in [4.78, 5) is 4.39. The summed E-state index contributed by atoms with van der Waals surface area (Å²) in [6.45, 7) is 4.61. The van der Waals surface area contributed by atoms with Crippen LogP contribution in [0.2, 0.25) is 0 Å². The Labute approximate surface area is 212 Å². The Morgan fingerprint density at radius 2 is 1.18 bits per heavy atom. The molecule has 1 aromatic heterocycles. The van der Waals surface area contributed by atoms with E-state index < -0.39 is 0 Å². The average Bonchev–Trinajstić information content (AvgIpc) is 3.39. The zero-order valence-electron chi connectivity index (χ0n) is 22.6. The highest BCUT2D eigenvalue weighted by molar-refractivity contribution is 5.15. The number of hydrogen-bond acceptors (Lipinski definition) is 1. The van der Waals surface area contributed by atoms with Gasteiger partial charge in [0.25, 0.3) is 0 Å². The number of aromatic nitrogens is 2. The Bertz CT molecular complexity index is 664. The van der Waals surface area contributed by atoms with Crippen LogP contribution in [0.1, 0.15) is 141 Å². The summed E-state index contributed by atoms with van der Waals surface area (Å²) in [5.41, 5.74) is 1.49. The summed E-state index contributed by atoms with van der Waals surface area (Å²) < 4.78 is 2.41. The minimum Gasteiger partial charge on any atom is -0.334 e. The van der Waals surface area contributed by atoms with Crippen molar-refractivity contribution in [3.63, 3.8) is 0 Å². The smallest absolute Gasteiger partial charge is 0.0948 e. The largest absolute Gasteiger partial charge is 0.334 e. The molecule has 0 aliphatic carbocycles. The molecule has 2 rings (SSSR count). The normalized spacial score (nSPS) is 13.2. The molecule has 34 heavy (non-hydrogen) atoms. The third-order valence-corrected chi connectivity index (χ3v) is 7.57. The van der Waals surface area contributed by atoms with E-state index in [1.165, 1.54) is 128 Å². The molecule has 1 heterocycles. The average molecular weight is 467 g/mol. The lowest BCUT2D eigenvalue weighted by Crippen LogP contribution is -2.21. The molecular weight excluding hydrogens is 412 g/mol. The van der Waals surface area contributed by atoms with Crippen LogP contribution in [0.15, 0.2) is 49.1 Å². The second kappa shape index (κ2) is 19.7. The number of imidazole rings is 1. The molecule has 2 atom stereocenters. The highest BCUT2D eigenvalue weighted by Crippen LogP contribution is 2.32. The van der Waals surface area contributed by atoms with Gasteiger partial charge in [-0.25, -0.2) is 4.98 Å². The summed E-state index contributed by atoms with van der Waals surface area (Å²) in [6, 6.07) is 11.7. The molecule has 1 aromatic carbocycles. The maximum atomic E-state index is 4.39. The maximum Gasteiger partial charge on any atom is 0.0948 e. The van der Waals surface area contributed by atoms with Crippen LogP contribution in [0.5, 0.6) is 0 Å². The van der Waals surface area contributed by atoms with Crippen molar-refractivity contribution in [2.45, 2.75) is 142 Å². The van der Waals surface area contributed by atoms with Gasteiger partial charge in [-0.2, -0.15) is 0 Å². The summed E-state index contributed by atoms with van der Waals surface area (Å²) in [6.07, 6.45) is 32.5. The van der Waals surface area contributed by atoms with Gasteiger partial charge < -0.3 is 4.57 Å². The van der Waals surface area contributed by atoms with Gasteiger partial charge in [0.05, 0.1) is 6.33 Å². The molecule has 0 N–H and O–H groups in total. The molecule has 0 amide bonds. The molecule has 192 valence electrons. The van der Waals surface area contributed by atoms with Crippen molar-refractivity contribution in [1.29, 1.82) is 0 Å². The van der Waals surface area contributed by atoms with Crippen molar-refractivity contribution < 1.29 is 0 Å². The van der Waals surface area contributed by atoms with E-state index in [9.17, 15) is 0 Å². The first-order valence-electron chi connectivity index (χ1n) is 14.9. The van der Waals surface area contributed by atoms with E-state index in [-0.39, 0.29) is 0 Å². The van der Waals surface area contributed by atoms with E-state index in [4.69, 9.17) is 0 Å². The van der Waals surface area contributed by atoms with Crippen LogP contribution in [-0.4, -0.2) is 9.55 Å². The lowest BCUT2D eigenvalue weighted by molar-refractivity contribution is 0.276. The van der Waals surface area contributed by atoms with Crippen LogP contribution in [0.4, 0.5) is 0 Å². The van der Waals surface area contributed by atoms with Gasteiger partial charge in [0, 0.05) is 18.4 Å². The zero-order valence-corrected chi connectivity index (χ0v) is 22.6. The van der Waals surface area contributed by atoms with E-state index in [0.717, 1.165) is 0 Å². The first-order chi connectivity index (χ1) is 16.8. The monoisotopic (exact) mass is 466 g/mol. The highest BCUT2D eigenvalue weighted by Gasteiger charge is 2.22. The molecular formula is C32H54N2. The van der Waals surface area contributed by atoms with E-state index in [0.29, 0.717) is 12.0 Å². The maximum absolute atomic E-state index is 4.39. The fourth-order valence-electron chi connectivity index (χ4n) is 5.47. The standard InChI is InChI=1S/C32H54N2/c1-3-5-7-8-9-10-11-12-13-14-15-16-21-24-31(28-30-22-19-17-20-23-30)32(25-18-6-4-2)34-27-26-33-29-34/h17,19-20,22-23,26-27,29,31-32H,3-16,18,21,24-25,28H2,1-2H3. The molecule has 2 unspecified atom stereocenters. The van der Waals surface area contributed by atoms with Gasteiger partial charge in [-0.15, -0.1) is 0 Å². The second-order valence-corrected chi connectivity index (χ2v) is 10.6. The Morgan fingerprint density at radius 3 is 1.74 bits per heavy atom. The zero-order chi connectivity index (χ0) is 24.1. The number of hydrogen-bond donors (Lipinski definition) is 0. The Balaban J connectivity index is 1.72. The SMILES string of the molecule is CCCCCCCCCCCCCCCC(Cc1ccccc1)C(CCCCC)n1ccnc1. The van der Waals surface area contributed by atoms with Gasteiger partial charge in [-0.3, -0.25) is 0 Å². The summed E-state index contributed by atoms with van der Waals surface area (Å²) in [5.74, 6) is 0.696. The first-order valence-corrected chi connectivity index (χ1v) is 14.9. The second-order valence-electron chi connectivity index (χ2n) is 10.6. The summed E-state index contributed by atoms with van der Waals surface area (Å²) >= 11 is 0. The predicted molar refractivity (Wildman–Crippen MR) is 149 cm³/mol. The molecule has 0 fully saturated rings. The number of benzene rings is 1. The Kier molecular flexibility index (Phi) is 16.6. The third-order valence-electron chi connectivity index (χ3n) is 7.57. The highest BCUT2D eigenvalue weighted by atomic mass is 15.1. The molecule has 0 radical (unpaired) electrons. The van der Waals surface area contributed by atoms with E-state index in [1.807, 2.05) is 6.20 Å². The van der Waals surface area contributed by atoms with Gasteiger partial charge in [-0.05, 0) is 30.7 Å². The van der Waals surface area contributed by atoms with Crippen molar-refractivity contribution in [3.8, 4) is 0 Å². The number of nitrogens with zero attached hydrogens (tertiary/aromatic N) is 2. The van der Waals surface area contributed by atoms with Gasteiger partial charge in [0.1, 0.15) is 0 Å². The molecule has 0 spiro atoms. The van der Waals surface area contributed by atoms with Gasteiger partial charge in [0.2, 0.25) is 0 Å². The molecule has 0 aliphatic rings. The van der Waals surface area contributed by atoms with Gasteiger partial charge in [0.15, 0.2) is 0 Å². The van der Waals surface area contributed by atoms with Crippen molar-refractivity contribution in [3.05, 3.63) is 54.6 Å². The fraction of sp³-hybridized carbons (Fsp3) is 0.719. The van der Waals surface area contributed by atoms with Gasteiger partial charge in [-0.1, -0.05) is 147 Å². The van der Waals surface area contributed by atoms with Crippen LogP contribution < -0.4 is 0 Å². The number of unbranched alkanes of at least 4 members (excludes halogenated alkanes) is 14. The topological polar surface area (TPSA) is 17.8 Å². The van der Waals surface area contributed by atoms with E-state index >= 15 is 0 Å². The number of rotatable bonds is 22.